The first-order chi connectivity index (χ1) is 18.1. The number of unbranched alkanes of at least 4 members (excludes halogenated alkanes) is 14. The lowest BCUT2D eigenvalue weighted by Crippen LogP contribution is -3.00. The first kappa shape index (κ1) is 35.0. The summed E-state index contributed by atoms with van der Waals surface area (Å²) in [6, 6.07) is 6.00. The number of nitrogens with zero attached hydrogens (tertiary/aromatic N) is 1. The van der Waals surface area contributed by atoms with Gasteiger partial charge in [-0.3, -0.25) is 4.79 Å². The van der Waals surface area contributed by atoms with Crippen molar-refractivity contribution in [1.29, 1.82) is 0 Å². The van der Waals surface area contributed by atoms with Crippen LogP contribution in [0.3, 0.4) is 0 Å². The molecule has 1 aromatic heterocycles. The van der Waals surface area contributed by atoms with Gasteiger partial charge in [0.05, 0.1) is 13.2 Å². The van der Waals surface area contributed by atoms with E-state index in [1.165, 1.54) is 89.9 Å². The molecular weight excluding hydrogens is 498 g/mol. The maximum atomic E-state index is 12.1. The predicted octanol–water partition coefficient (Wildman–Crippen LogP) is 4.74. The molecule has 1 fully saturated rings. The van der Waals surface area contributed by atoms with E-state index >= 15 is 0 Å². The molecule has 0 N–H and O–H groups in total. The molecule has 0 spiro atoms. The van der Waals surface area contributed by atoms with Crippen molar-refractivity contribution in [2.24, 2.45) is 0 Å². The summed E-state index contributed by atoms with van der Waals surface area (Å²) in [6.07, 6.45) is 26.9. The van der Waals surface area contributed by atoms with Gasteiger partial charge in [0.1, 0.15) is 19.3 Å². The number of carbonyl (C=O) groups is 1. The third kappa shape index (κ3) is 17.6. The first-order valence-corrected chi connectivity index (χ1v) is 15.5. The molecule has 0 saturated carbocycles. The van der Waals surface area contributed by atoms with Crippen molar-refractivity contribution in [1.82, 2.24) is 0 Å². The molecule has 0 bridgehead atoms. The fraction of sp³-hybridized carbons (Fsp3) is 0.812. The number of Topliss-reactive ketones (excluding diaryl/α,β-unsaturated/α-hetero) is 1. The van der Waals surface area contributed by atoms with Gasteiger partial charge in [-0.25, -0.2) is 4.57 Å². The standard InChI is InChI=1S/C32H56NO4.ClH/c1-3-4-5-6-7-8-9-10-11-12-13-14-15-16-18-23-32(2)36-29-31(37-32)28-35-27-30(34)22-21-26-33-24-19-17-20-25-33;/h17,19-20,24-25,31H,3-16,18,21-23,26-29H2,1-2H3;1H/q+1;/p-1. The third-order valence-corrected chi connectivity index (χ3v) is 7.44. The number of hydrogen-bond acceptors (Lipinski definition) is 4. The highest BCUT2D eigenvalue weighted by molar-refractivity contribution is 5.79. The van der Waals surface area contributed by atoms with E-state index in [1.807, 2.05) is 37.5 Å². The van der Waals surface area contributed by atoms with Crippen molar-refractivity contribution in [2.75, 3.05) is 19.8 Å². The average molecular weight is 554 g/mol. The lowest BCUT2D eigenvalue weighted by Gasteiger charge is -2.23. The van der Waals surface area contributed by atoms with E-state index in [9.17, 15) is 4.79 Å². The first-order valence-electron chi connectivity index (χ1n) is 15.5. The van der Waals surface area contributed by atoms with Crippen molar-refractivity contribution < 1.29 is 36.0 Å². The van der Waals surface area contributed by atoms with Crippen LogP contribution in [-0.2, 0) is 25.5 Å². The minimum absolute atomic E-state index is 0. The zero-order valence-electron chi connectivity index (χ0n) is 24.5. The van der Waals surface area contributed by atoms with E-state index in [-0.39, 0.29) is 30.9 Å². The largest absolute Gasteiger partial charge is 1.00 e. The van der Waals surface area contributed by atoms with Crippen LogP contribution in [0.1, 0.15) is 129 Å². The van der Waals surface area contributed by atoms with Gasteiger partial charge in [-0.2, -0.15) is 0 Å². The minimum Gasteiger partial charge on any atom is -1.00 e. The van der Waals surface area contributed by atoms with Gasteiger partial charge in [0.2, 0.25) is 0 Å². The van der Waals surface area contributed by atoms with E-state index in [4.69, 9.17) is 14.2 Å². The minimum atomic E-state index is -0.499. The topological polar surface area (TPSA) is 48.6 Å². The lowest BCUT2D eigenvalue weighted by atomic mass is 10.0. The van der Waals surface area contributed by atoms with E-state index < -0.39 is 5.79 Å². The molecular formula is C32H56ClNO4. The Bertz CT molecular complexity index is 689. The fourth-order valence-corrected chi connectivity index (χ4v) is 5.14. The Balaban J connectivity index is 0.00000722. The second-order valence-corrected chi connectivity index (χ2v) is 11.2. The van der Waals surface area contributed by atoms with Gasteiger partial charge in [-0.1, -0.05) is 103 Å². The summed E-state index contributed by atoms with van der Waals surface area (Å²) in [4.78, 5) is 12.1. The van der Waals surface area contributed by atoms with Crippen LogP contribution in [0.5, 0.6) is 0 Å². The van der Waals surface area contributed by atoms with E-state index in [2.05, 4.69) is 11.5 Å². The lowest BCUT2D eigenvalue weighted by molar-refractivity contribution is -0.697. The van der Waals surface area contributed by atoms with Gasteiger partial charge in [0.15, 0.2) is 24.0 Å². The molecule has 0 amide bonds. The van der Waals surface area contributed by atoms with Crippen molar-refractivity contribution in [3.63, 3.8) is 0 Å². The van der Waals surface area contributed by atoms with Crippen LogP contribution in [0.4, 0.5) is 0 Å². The number of aryl methyl sites for hydroxylation is 1. The summed E-state index contributed by atoms with van der Waals surface area (Å²) in [6.45, 7) is 6.32. The molecule has 2 rings (SSSR count). The number of hydrogen-bond donors (Lipinski definition) is 0. The van der Waals surface area contributed by atoms with Crippen LogP contribution < -0.4 is 17.0 Å². The maximum absolute atomic E-state index is 12.1. The third-order valence-electron chi connectivity index (χ3n) is 7.44. The number of halogens is 1. The summed E-state index contributed by atoms with van der Waals surface area (Å²) >= 11 is 0. The predicted molar refractivity (Wildman–Crippen MR) is 150 cm³/mol. The van der Waals surface area contributed by atoms with Crippen molar-refractivity contribution in [3.8, 4) is 0 Å². The fourth-order valence-electron chi connectivity index (χ4n) is 5.14. The van der Waals surface area contributed by atoms with Gasteiger partial charge >= 0.3 is 0 Å². The summed E-state index contributed by atoms with van der Waals surface area (Å²) < 4.78 is 19.8. The highest BCUT2D eigenvalue weighted by atomic mass is 35.5. The Labute approximate surface area is 239 Å². The molecule has 2 heterocycles. The number of rotatable bonds is 24. The molecule has 0 aliphatic carbocycles. The van der Waals surface area contributed by atoms with Gasteiger partial charge in [-0.15, -0.1) is 0 Å². The van der Waals surface area contributed by atoms with Gasteiger partial charge in [0.25, 0.3) is 0 Å². The van der Waals surface area contributed by atoms with Crippen molar-refractivity contribution in [3.05, 3.63) is 30.6 Å². The molecule has 1 aliphatic heterocycles. The molecule has 38 heavy (non-hydrogen) atoms. The molecule has 1 aromatic rings. The Morgan fingerprint density at radius 1 is 0.842 bits per heavy atom. The highest BCUT2D eigenvalue weighted by Gasteiger charge is 2.36. The second kappa shape index (κ2) is 22.8. The smallest absolute Gasteiger partial charge is 0.168 e. The second-order valence-electron chi connectivity index (χ2n) is 11.2. The van der Waals surface area contributed by atoms with E-state index in [0.717, 1.165) is 25.8 Å². The van der Waals surface area contributed by atoms with Crippen LogP contribution in [0.25, 0.3) is 0 Å². The SMILES string of the molecule is CCCCCCCCCCCCCCCCCC1(C)OCC(COCC(=O)CCC[n+]2ccccc2)O1.[Cl-]. The molecule has 1 aliphatic rings. The Morgan fingerprint density at radius 3 is 1.97 bits per heavy atom. The van der Waals surface area contributed by atoms with Crippen LogP contribution in [0, 0.1) is 0 Å². The maximum Gasteiger partial charge on any atom is 0.168 e. The Hall–Kier alpha value is -1.01. The zero-order chi connectivity index (χ0) is 26.4. The molecule has 0 radical (unpaired) electrons. The Kier molecular flexibility index (Phi) is 21.0. The number of ketones is 1. The number of carbonyl (C=O) groups excluding carboxylic acids is 1. The van der Waals surface area contributed by atoms with Gasteiger partial charge < -0.3 is 26.6 Å². The van der Waals surface area contributed by atoms with Crippen LogP contribution in [0.2, 0.25) is 0 Å². The summed E-state index contributed by atoms with van der Waals surface area (Å²) in [5, 5.41) is 0. The van der Waals surface area contributed by atoms with Crippen molar-refractivity contribution in [2.45, 2.75) is 148 Å². The van der Waals surface area contributed by atoms with Crippen LogP contribution >= 0.6 is 0 Å². The number of ether oxygens (including phenoxy) is 3. The number of aromatic nitrogens is 1. The zero-order valence-corrected chi connectivity index (χ0v) is 25.2. The van der Waals surface area contributed by atoms with Crippen molar-refractivity contribution >= 4 is 5.78 Å². The molecule has 0 aromatic carbocycles. The molecule has 1 saturated heterocycles. The molecule has 220 valence electrons. The van der Waals surface area contributed by atoms with Crippen LogP contribution in [0.15, 0.2) is 30.6 Å². The van der Waals surface area contributed by atoms with Crippen LogP contribution in [-0.4, -0.2) is 37.5 Å². The Morgan fingerprint density at radius 2 is 1.39 bits per heavy atom. The monoisotopic (exact) mass is 553 g/mol. The van der Waals surface area contributed by atoms with E-state index in [1.54, 1.807) is 0 Å². The number of pyridine rings is 1. The van der Waals surface area contributed by atoms with E-state index in [0.29, 0.717) is 19.6 Å². The molecule has 2 unspecified atom stereocenters. The molecule has 5 nitrogen and oxygen atoms in total. The summed E-state index contributed by atoms with van der Waals surface area (Å²) in [5.74, 6) is -0.349. The normalized spacial score (nSPS) is 18.9. The van der Waals surface area contributed by atoms with Gasteiger partial charge in [0, 0.05) is 31.4 Å². The molecule has 2 atom stereocenters. The average Bonchev–Trinajstić information content (AvgIpc) is 3.27. The summed E-state index contributed by atoms with van der Waals surface area (Å²) in [7, 11) is 0. The van der Waals surface area contributed by atoms with Gasteiger partial charge in [-0.05, 0) is 13.3 Å². The summed E-state index contributed by atoms with van der Waals surface area (Å²) in [5.41, 5.74) is 0. The highest BCUT2D eigenvalue weighted by Crippen LogP contribution is 2.29. The quantitative estimate of drug-likeness (QED) is 0.137. The molecule has 6 heteroatoms.